The summed E-state index contributed by atoms with van der Waals surface area (Å²) in [5.74, 6) is 0.0928. The zero-order valence-corrected chi connectivity index (χ0v) is 13.7. The van der Waals surface area contributed by atoms with Crippen LogP contribution in [0.15, 0.2) is 0 Å². The lowest BCUT2D eigenvalue weighted by molar-refractivity contribution is -0.134. The molecule has 2 rings (SSSR count). The van der Waals surface area contributed by atoms with Crippen LogP contribution in [-0.4, -0.2) is 53.1 Å². The number of carbonyl (C=O) groups excluding carboxylic acids is 2. The van der Waals surface area contributed by atoms with Gasteiger partial charge in [-0.15, -0.1) is 0 Å². The maximum Gasteiger partial charge on any atom is 0.410 e. The third-order valence-electron chi connectivity index (χ3n) is 4.38. The van der Waals surface area contributed by atoms with Crippen LogP contribution in [0, 0.1) is 0 Å². The third-order valence-corrected chi connectivity index (χ3v) is 4.38. The highest BCUT2D eigenvalue weighted by Crippen LogP contribution is 2.28. The Morgan fingerprint density at radius 1 is 1.19 bits per heavy atom. The molecule has 0 N–H and O–H groups in total. The Labute approximate surface area is 127 Å². The van der Waals surface area contributed by atoms with E-state index in [4.69, 9.17) is 4.74 Å². The van der Waals surface area contributed by atoms with Crippen molar-refractivity contribution >= 4 is 12.0 Å². The van der Waals surface area contributed by atoms with Crippen molar-refractivity contribution in [3.05, 3.63) is 0 Å². The molecule has 1 aliphatic heterocycles. The summed E-state index contributed by atoms with van der Waals surface area (Å²) in [5, 5.41) is 0. The molecule has 1 aliphatic carbocycles. The summed E-state index contributed by atoms with van der Waals surface area (Å²) in [6.07, 6.45) is 6.21. The zero-order valence-electron chi connectivity index (χ0n) is 13.7. The Kier molecular flexibility index (Phi) is 4.79. The van der Waals surface area contributed by atoms with Crippen molar-refractivity contribution in [3.63, 3.8) is 0 Å². The van der Waals surface area contributed by atoms with E-state index in [0.29, 0.717) is 12.5 Å². The first-order valence-corrected chi connectivity index (χ1v) is 8.06. The second-order valence-electron chi connectivity index (χ2n) is 7.22. The van der Waals surface area contributed by atoms with Gasteiger partial charge in [-0.25, -0.2) is 4.79 Å². The molecule has 5 heteroatoms. The molecule has 2 aliphatic rings. The molecule has 0 bridgehead atoms. The van der Waals surface area contributed by atoms with E-state index >= 15 is 0 Å². The van der Waals surface area contributed by atoms with Crippen molar-refractivity contribution in [2.24, 2.45) is 0 Å². The fourth-order valence-electron chi connectivity index (χ4n) is 3.26. The average molecular weight is 296 g/mol. The number of likely N-dealkylation sites (N-methyl/N-ethyl adjacent to an activating group) is 1. The predicted octanol–water partition coefficient (Wildman–Crippen LogP) is 2.79. The second kappa shape index (κ2) is 6.24. The number of hydrogen-bond acceptors (Lipinski definition) is 3. The van der Waals surface area contributed by atoms with Gasteiger partial charge in [0.1, 0.15) is 11.6 Å². The number of nitrogens with zero attached hydrogens (tertiary/aromatic N) is 2. The van der Waals surface area contributed by atoms with Crippen LogP contribution in [-0.2, 0) is 9.53 Å². The lowest BCUT2D eigenvalue weighted by Gasteiger charge is -2.32. The Balaban J connectivity index is 1.95. The van der Waals surface area contributed by atoms with Crippen LogP contribution in [0.1, 0.15) is 59.3 Å². The molecule has 1 saturated carbocycles. The first-order valence-electron chi connectivity index (χ1n) is 8.06. The monoisotopic (exact) mass is 296 g/mol. The van der Waals surface area contributed by atoms with E-state index in [9.17, 15) is 9.59 Å². The van der Waals surface area contributed by atoms with Crippen molar-refractivity contribution in [1.29, 1.82) is 0 Å². The van der Waals surface area contributed by atoms with Gasteiger partial charge in [-0.2, -0.15) is 0 Å². The molecule has 0 radical (unpaired) electrons. The van der Waals surface area contributed by atoms with Gasteiger partial charge in [0, 0.05) is 19.6 Å². The summed E-state index contributed by atoms with van der Waals surface area (Å²) in [6, 6.07) is 0.0186. The minimum absolute atomic E-state index is 0.0928. The molecule has 1 heterocycles. The molecule has 0 aromatic heterocycles. The van der Waals surface area contributed by atoms with Crippen LogP contribution >= 0.6 is 0 Å². The molecule has 1 atom stereocenters. The van der Waals surface area contributed by atoms with Crippen molar-refractivity contribution in [3.8, 4) is 0 Å². The molecule has 0 aromatic carbocycles. The summed E-state index contributed by atoms with van der Waals surface area (Å²) >= 11 is 0. The molecule has 0 spiro atoms. The predicted molar refractivity (Wildman–Crippen MR) is 81.0 cm³/mol. The molecular formula is C16H28N2O3. The Hall–Kier alpha value is -1.26. The topological polar surface area (TPSA) is 49.9 Å². The van der Waals surface area contributed by atoms with E-state index < -0.39 is 11.7 Å². The summed E-state index contributed by atoms with van der Waals surface area (Å²) < 4.78 is 5.36. The summed E-state index contributed by atoms with van der Waals surface area (Å²) in [5.41, 5.74) is -0.532. The fourth-order valence-corrected chi connectivity index (χ4v) is 3.26. The van der Waals surface area contributed by atoms with Crippen molar-refractivity contribution in [2.45, 2.75) is 77.0 Å². The Morgan fingerprint density at radius 2 is 1.81 bits per heavy atom. The van der Waals surface area contributed by atoms with E-state index in [0.717, 1.165) is 19.4 Å². The molecule has 5 nitrogen and oxygen atoms in total. The average Bonchev–Trinajstić information content (AvgIpc) is 2.79. The van der Waals surface area contributed by atoms with Gasteiger partial charge in [-0.05, 0) is 40.0 Å². The summed E-state index contributed by atoms with van der Waals surface area (Å²) in [7, 11) is 1.67. The largest absolute Gasteiger partial charge is 0.444 e. The standard InChI is InChI=1S/C16H28N2O3/c1-16(2,3)21-15(20)17(4)13-10-11-18(14(13)19)12-8-6-5-7-9-12/h12-13H,5-11H2,1-4H3. The first kappa shape index (κ1) is 16.1. The lowest BCUT2D eigenvalue weighted by atomic mass is 9.94. The second-order valence-corrected chi connectivity index (χ2v) is 7.22. The zero-order chi connectivity index (χ0) is 15.6. The van der Waals surface area contributed by atoms with Crippen LogP contribution in [0.25, 0.3) is 0 Å². The van der Waals surface area contributed by atoms with Gasteiger partial charge in [0.05, 0.1) is 0 Å². The van der Waals surface area contributed by atoms with Crippen LogP contribution in [0.5, 0.6) is 0 Å². The third kappa shape index (κ3) is 3.89. The fraction of sp³-hybridized carbons (Fsp3) is 0.875. The highest BCUT2D eigenvalue weighted by molar-refractivity contribution is 5.87. The van der Waals surface area contributed by atoms with Crippen molar-refractivity contribution in [2.75, 3.05) is 13.6 Å². The van der Waals surface area contributed by atoms with Gasteiger partial charge in [0.25, 0.3) is 0 Å². The van der Waals surface area contributed by atoms with Gasteiger partial charge >= 0.3 is 6.09 Å². The van der Waals surface area contributed by atoms with Gasteiger partial charge < -0.3 is 9.64 Å². The van der Waals surface area contributed by atoms with Crippen molar-refractivity contribution in [1.82, 2.24) is 9.80 Å². The van der Waals surface area contributed by atoms with E-state index in [1.165, 1.54) is 24.2 Å². The van der Waals surface area contributed by atoms with E-state index in [2.05, 4.69) is 0 Å². The van der Waals surface area contributed by atoms with Gasteiger partial charge in [-0.3, -0.25) is 9.69 Å². The molecule has 2 fully saturated rings. The molecule has 1 saturated heterocycles. The highest BCUT2D eigenvalue weighted by Gasteiger charge is 2.40. The molecule has 2 amide bonds. The minimum Gasteiger partial charge on any atom is -0.444 e. The number of carbonyl (C=O) groups is 2. The Bertz CT molecular complexity index is 397. The first-order chi connectivity index (χ1) is 9.79. The molecular weight excluding hydrogens is 268 g/mol. The smallest absolute Gasteiger partial charge is 0.410 e. The quantitative estimate of drug-likeness (QED) is 0.787. The van der Waals surface area contributed by atoms with E-state index in [1.807, 2.05) is 25.7 Å². The van der Waals surface area contributed by atoms with E-state index in [1.54, 1.807) is 7.05 Å². The number of likely N-dealkylation sites (tertiary alicyclic amines) is 1. The lowest BCUT2D eigenvalue weighted by Crippen LogP contribution is -2.47. The number of rotatable bonds is 2. The SMILES string of the molecule is CN(C(=O)OC(C)(C)C)C1CCN(C2CCCCC2)C1=O. The minimum atomic E-state index is -0.532. The van der Waals surface area contributed by atoms with Gasteiger partial charge in [0.15, 0.2) is 0 Å². The Morgan fingerprint density at radius 3 is 2.38 bits per heavy atom. The maximum absolute atomic E-state index is 12.6. The summed E-state index contributed by atoms with van der Waals surface area (Å²) in [6.45, 7) is 6.28. The number of ether oxygens (including phenoxy) is 1. The van der Waals surface area contributed by atoms with Gasteiger partial charge in [-0.1, -0.05) is 19.3 Å². The number of hydrogen-bond donors (Lipinski definition) is 0. The van der Waals surface area contributed by atoms with Gasteiger partial charge in [0.2, 0.25) is 5.91 Å². The molecule has 1 unspecified atom stereocenters. The van der Waals surface area contributed by atoms with E-state index in [-0.39, 0.29) is 11.9 Å². The normalized spacial score (nSPS) is 24.3. The van der Waals surface area contributed by atoms with Crippen LogP contribution in [0.2, 0.25) is 0 Å². The van der Waals surface area contributed by atoms with Crippen LogP contribution in [0.3, 0.4) is 0 Å². The van der Waals surface area contributed by atoms with Crippen molar-refractivity contribution < 1.29 is 14.3 Å². The maximum atomic E-state index is 12.6. The molecule has 21 heavy (non-hydrogen) atoms. The van der Waals surface area contributed by atoms with Crippen LogP contribution < -0.4 is 0 Å². The molecule has 120 valence electrons. The molecule has 0 aromatic rings. The van der Waals surface area contributed by atoms with Crippen LogP contribution in [0.4, 0.5) is 4.79 Å². The highest BCUT2D eigenvalue weighted by atomic mass is 16.6. The number of amides is 2. The summed E-state index contributed by atoms with van der Waals surface area (Å²) in [4.78, 5) is 28.2.